The van der Waals surface area contributed by atoms with Crippen LogP contribution in [0.2, 0.25) is 0 Å². The van der Waals surface area contributed by atoms with E-state index >= 15 is 0 Å². The Morgan fingerprint density at radius 2 is 2.41 bits per heavy atom. The first-order valence-electron chi connectivity index (χ1n) is 6.58. The maximum atomic E-state index is 11.5. The van der Waals surface area contributed by atoms with Crippen LogP contribution in [0.1, 0.15) is 40.0 Å². The number of hydrogen-bond acceptors (Lipinski definition) is 3. The number of carbonyl (C=O) groups excluding carboxylic acids is 1. The minimum atomic E-state index is -0.352. The Hall–Kier alpha value is -0.670. The molecule has 2 rings (SSSR count). The first kappa shape index (κ1) is 12.8. The van der Waals surface area contributed by atoms with Crippen molar-refractivity contribution in [2.75, 3.05) is 6.61 Å². The van der Waals surface area contributed by atoms with Gasteiger partial charge in [-0.25, -0.2) is 0 Å². The lowest BCUT2D eigenvalue weighted by atomic mass is 9.82. The summed E-state index contributed by atoms with van der Waals surface area (Å²) in [6.07, 6.45) is 7.10. The summed E-state index contributed by atoms with van der Waals surface area (Å²) < 4.78 is 11.8. The molecule has 4 atom stereocenters. The van der Waals surface area contributed by atoms with E-state index in [4.69, 9.17) is 9.47 Å². The van der Waals surface area contributed by atoms with Gasteiger partial charge >= 0.3 is 0 Å². The topological polar surface area (TPSA) is 35.5 Å². The number of fused-ring (bicyclic) bond motifs is 2. The minimum Gasteiger partial charge on any atom is -0.375 e. The third-order valence-electron chi connectivity index (χ3n) is 3.94. The van der Waals surface area contributed by atoms with Gasteiger partial charge < -0.3 is 9.47 Å². The van der Waals surface area contributed by atoms with Crippen LogP contribution in [-0.2, 0) is 14.3 Å². The standard InChI is InChI=1S/C14H22O3/c1-4-5-8-16-11(3)14-7-6-13(17-14)12(9-14)10(2)15/h6-7,11-13H,4-5,8-9H2,1-3H3. The van der Waals surface area contributed by atoms with Crippen molar-refractivity contribution in [3.05, 3.63) is 12.2 Å². The molecular weight excluding hydrogens is 216 g/mol. The Kier molecular flexibility index (Phi) is 3.69. The van der Waals surface area contributed by atoms with Gasteiger partial charge in [-0.1, -0.05) is 25.5 Å². The molecule has 0 aromatic rings. The average Bonchev–Trinajstić information content (AvgIpc) is 2.88. The van der Waals surface area contributed by atoms with Crippen molar-refractivity contribution in [1.82, 2.24) is 0 Å². The van der Waals surface area contributed by atoms with Crippen molar-refractivity contribution in [3.63, 3.8) is 0 Å². The molecule has 3 heteroatoms. The Bertz CT molecular complexity index is 323. The summed E-state index contributed by atoms with van der Waals surface area (Å²) in [5.74, 6) is 0.249. The molecule has 4 unspecified atom stereocenters. The fraction of sp³-hybridized carbons (Fsp3) is 0.786. The molecule has 1 saturated heterocycles. The van der Waals surface area contributed by atoms with E-state index in [1.165, 1.54) is 0 Å². The second kappa shape index (κ2) is 4.91. The number of carbonyl (C=O) groups is 1. The van der Waals surface area contributed by atoms with Crippen molar-refractivity contribution >= 4 is 5.78 Å². The molecule has 2 bridgehead atoms. The van der Waals surface area contributed by atoms with Gasteiger partial charge in [0.15, 0.2) is 0 Å². The fourth-order valence-electron chi connectivity index (χ4n) is 2.70. The van der Waals surface area contributed by atoms with Crippen LogP contribution in [0.5, 0.6) is 0 Å². The molecule has 0 N–H and O–H groups in total. The zero-order valence-corrected chi connectivity index (χ0v) is 10.9. The second-order valence-corrected chi connectivity index (χ2v) is 5.18. The zero-order valence-electron chi connectivity index (χ0n) is 10.9. The predicted octanol–water partition coefficient (Wildman–Crippen LogP) is 2.49. The van der Waals surface area contributed by atoms with Crippen molar-refractivity contribution in [2.45, 2.75) is 57.8 Å². The van der Waals surface area contributed by atoms with E-state index in [1.54, 1.807) is 6.92 Å². The molecule has 0 radical (unpaired) electrons. The molecule has 2 aliphatic rings. The SMILES string of the molecule is CCCCOC(C)C12C=CC(O1)C(C(C)=O)C2. The molecule has 3 nitrogen and oxygen atoms in total. The fourth-order valence-corrected chi connectivity index (χ4v) is 2.70. The van der Waals surface area contributed by atoms with Gasteiger partial charge in [0.05, 0.1) is 18.1 Å². The van der Waals surface area contributed by atoms with Crippen LogP contribution in [0.4, 0.5) is 0 Å². The maximum Gasteiger partial charge on any atom is 0.135 e. The molecule has 2 aliphatic heterocycles. The van der Waals surface area contributed by atoms with Crippen molar-refractivity contribution in [1.29, 1.82) is 0 Å². The van der Waals surface area contributed by atoms with Gasteiger partial charge in [-0.05, 0) is 26.7 Å². The normalized spacial score (nSPS) is 36.4. The van der Waals surface area contributed by atoms with Crippen LogP contribution < -0.4 is 0 Å². The van der Waals surface area contributed by atoms with Gasteiger partial charge in [0.1, 0.15) is 11.4 Å². The van der Waals surface area contributed by atoms with E-state index < -0.39 is 0 Å². The highest BCUT2D eigenvalue weighted by Crippen LogP contribution is 2.45. The maximum absolute atomic E-state index is 11.5. The molecule has 0 amide bonds. The highest BCUT2D eigenvalue weighted by atomic mass is 16.6. The molecule has 17 heavy (non-hydrogen) atoms. The minimum absolute atomic E-state index is 0.0234. The molecule has 1 fully saturated rings. The third-order valence-corrected chi connectivity index (χ3v) is 3.94. The van der Waals surface area contributed by atoms with E-state index in [0.717, 1.165) is 25.9 Å². The summed E-state index contributed by atoms with van der Waals surface area (Å²) in [6, 6.07) is 0. The van der Waals surface area contributed by atoms with Gasteiger partial charge in [0.25, 0.3) is 0 Å². The molecule has 0 aliphatic carbocycles. The van der Waals surface area contributed by atoms with Gasteiger partial charge in [0, 0.05) is 6.61 Å². The molecule has 2 heterocycles. The second-order valence-electron chi connectivity index (χ2n) is 5.18. The number of hydrogen-bond donors (Lipinski definition) is 0. The summed E-state index contributed by atoms with van der Waals surface area (Å²) >= 11 is 0. The lowest BCUT2D eigenvalue weighted by Gasteiger charge is -2.30. The summed E-state index contributed by atoms with van der Waals surface area (Å²) in [5, 5.41) is 0. The average molecular weight is 238 g/mol. The highest BCUT2D eigenvalue weighted by molar-refractivity contribution is 5.80. The lowest BCUT2D eigenvalue weighted by molar-refractivity contribution is -0.121. The van der Waals surface area contributed by atoms with Crippen LogP contribution in [0.25, 0.3) is 0 Å². The van der Waals surface area contributed by atoms with Crippen molar-refractivity contribution < 1.29 is 14.3 Å². The number of ether oxygens (including phenoxy) is 2. The van der Waals surface area contributed by atoms with Gasteiger partial charge in [-0.3, -0.25) is 4.79 Å². The lowest BCUT2D eigenvalue weighted by Crippen LogP contribution is -2.39. The third kappa shape index (κ3) is 2.31. The van der Waals surface area contributed by atoms with Crippen LogP contribution in [0, 0.1) is 5.92 Å². The number of unbranched alkanes of at least 4 members (excludes halogenated alkanes) is 1. The van der Waals surface area contributed by atoms with Crippen LogP contribution in [-0.4, -0.2) is 30.2 Å². The van der Waals surface area contributed by atoms with E-state index in [9.17, 15) is 4.79 Å². The van der Waals surface area contributed by atoms with Crippen LogP contribution >= 0.6 is 0 Å². The van der Waals surface area contributed by atoms with Crippen LogP contribution in [0.3, 0.4) is 0 Å². The summed E-state index contributed by atoms with van der Waals surface area (Å²) in [6.45, 7) is 6.62. The Morgan fingerprint density at radius 3 is 3.00 bits per heavy atom. The quantitative estimate of drug-likeness (QED) is 0.527. The monoisotopic (exact) mass is 238 g/mol. The molecule has 96 valence electrons. The van der Waals surface area contributed by atoms with Gasteiger partial charge in [0.2, 0.25) is 0 Å². The Labute approximate surface area is 103 Å². The molecule has 0 aromatic carbocycles. The molecular formula is C14H22O3. The number of Topliss-reactive ketones (excluding diaryl/α,β-unsaturated/α-hetero) is 1. The molecule has 0 aromatic heterocycles. The highest BCUT2D eigenvalue weighted by Gasteiger charge is 2.53. The first-order chi connectivity index (χ1) is 8.09. The van der Waals surface area contributed by atoms with Crippen LogP contribution in [0.15, 0.2) is 12.2 Å². The Morgan fingerprint density at radius 1 is 1.65 bits per heavy atom. The van der Waals surface area contributed by atoms with Crippen molar-refractivity contribution in [3.8, 4) is 0 Å². The summed E-state index contributed by atoms with van der Waals surface area (Å²) in [4.78, 5) is 11.5. The molecule has 0 saturated carbocycles. The molecule has 0 spiro atoms. The van der Waals surface area contributed by atoms with E-state index in [0.29, 0.717) is 0 Å². The first-order valence-corrected chi connectivity index (χ1v) is 6.58. The predicted molar refractivity (Wildman–Crippen MR) is 65.9 cm³/mol. The smallest absolute Gasteiger partial charge is 0.135 e. The van der Waals surface area contributed by atoms with E-state index in [2.05, 4.69) is 13.0 Å². The van der Waals surface area contributed by atoms with E-state index in [1.807, 2.05) is 13.0 Å². The summed E-state index contributed by atoms with van der Waals surface area (Å²) in [7, 11) is 0. The van der Waals surface area contributed by atoms with E-state index in [-0.39, 0.29) is 29.5 Å². The number of ketones is 1. The largest absolute Gasteiger partial charge is 0.375 e. The Balaban J connectivity index is 1.97. The van der Waals surface area contributed by atoms with Gasteiger partial charge in [-0.15, -0.1) is 0 Å². The zero-order chi connectivity index (χ0) is 12.5. The summed E-state index contributed by atoms with van der Waals surface area (Å²) in [5.41, 5.74) is -0.352. The van der Waals surface area contributed by atoms with Gasteiger partial charge in [-0.2, -0.15) is 0 Å². The number of rotatable bonds is 6. The van der Waals surface area contributed by atoms with Crippen molar-refractivity contribution in [2.24, 2.45) is 5.92 Å².